The van der Waals surface area contributed by atoms with Crippen LogP contribution in [-0.2, 0) is 17.9 Å². The van der Waals surface area contributed by atoms with Crippen LogP contribution in [0, 0.1) is 6.92 Å². The number of nitrogens with one attached hydrogen (secondary N) is 1. The van der Waals surface area contributed by atoms with Gasteiger partial charge in [0.25, 0.3) is 0 Å². The maximum atomic E-state index is 6.17. The molecule has 3 rings (SSSR count). The van der Waals surface area contributed by atoms with Crippen LogP contribution in [0.1, 0.15) is 23.1 Å². The zero-order chi connectivity index (χ0) is 19.6. The number of rotatable bonds is 10. The van der Waals surface area contributed by atoms with Gasteiger partial charge in [-0.2, -0.15) is 0 Å². The summed E-state index contributed by atoms with van der Waals surface area (Å²) in [5.74, 6) is 1.66. The first-order valence-electron chi connectivity index (χ1n) is 10.3. The maximum absolute atomic E-state index is 6.17. The average Bonchev–Trinajstić information content (AvgIpc) is 2.74. The molecule has 0 amide bonds. The molecule has 0 spiro atoms. The summed E-state index contributed by atoms with van der Waals surface area (Å²) in [5, 5.41) is 2.37. The molecule has 3 N–H and O–H groups in total. The second-order valence-corrected chi connectivity index (χ2v) is 7.47. The fourth-order valence-corrected chi connectivity index (χ4v) is 3.55. The summed E-state index contributed by atoms with van der Waals surface area (Å²) in [6.45, 7) is 10.0. The van der Waals surface area contributed by atoms with Gasteiger partial charge < -0.3 is 24.4 Å². The standard InChI is InChI=1S/C23H32N2O3/c1-19-7-9-20(10-8-19)18-28-23-21(5-3-6-22(23)26-2)17-24-11-4-12-25-13-15-27-16-14-25/h3,5-10,24H,4,11-18H2,1-2H3/p+2. The highest BCUT2D eigenvalue weighted by Gasteiger charge is 2.14. The Morgan fingerprint density at radius 2 is 1.86 bits per heavy atom. The summed E-state index contributed by atoms with van der Waals surface area (Å²) >= 11 is 0. The smallest absolute Gasteiger partial charge is 0.170 e. The van der Waals surface area contributed by atoms with Crippen LogP contribution in [0.4, 0.5) is 0 Å². The number of ether oxygens (including phenoxy) is 3. The summed E-state index contributed by atoms with van der Waals surface area (Å²) in [4.78, 5) is 1.67. The molecule has 0 atom stereocenters. The third-order valence-corrected chi connectivity index (χ3v) is 5.29. The molecule has 5 nitrogen and oxygen atoms in total. The third kappa shape index (κ3) is 6.23. The summed E-state index contributed by atoms with van der Waals surface area (Å²) in [6, 6.07) is 14.6. The van der Waals surface area contributed by atoms with Crippen molar-refractivity contribution in [2.24, 2.45) is 0 Å². The molecule has 0 unspecified atom stereocenters. The van der Waals surface area contributed by atoms with Gasteiger partial charge in [0, 0.05) is 6.42 Å². The molecular formula is C23H34N2O3+2. The van der Waals surface area contributed by atoms with Crippen molar-refractivity contribution in [2.75, 3.05) is 46.5 Å². The van der Waals surface area contributed by atoms with Gasteiger partial charge in [0.05, 0.1) is 39.0 Å². The zero-order valence-electron chi connectivity index (χ0n) is 17.2. The molecule has 152 valence electrons. The van der Waals surface area contributed by atoms with Gasteiger partial charge in [0.1, 0.15) is 26.2 Å². The SMILES string of the molecule is COc1cccc(C[NH2+]CCC[NH+]2CCOCC2)c1OCc1ccc(C)cc1. The van der Waals surface area contributed by atoms with Crippen LogP contribution in [0.25, 0.3) is 0 Å². The summed E-state index contributed by atoms with van der Waals surface area (Å²) < 4.78 is 17.1. The maximum Gasteiger partial charge on any atom is 0.170 e. The highest BCUT2D eigenvalue weighted by molar-refractivity contribution is 5.46. The van der Waals surface area contributed by atoms with Crippen molar-refractivity contribution in [3.8, 4) is 11.5 Å². The van der Waals surface area contributed by atoms with Gasteiger partial charge in [-0.25, -0.2) is 0 Å². The fraction of sp³-hybridized carbons (Fsp3) is 0.478. The molecule has 1 saturated heterocycles. The van der Waals surface area contributed by atoms with Gasteiger partial charge in [-0.1, -0.05) is 35.9 Å². The summed E-state index contributed by atoms with van der Waals surface area (Å²) in [6.07, 6.45) is 1.22. The van der Waals surface area contributed by atoms with Crippen molar-refractivity contribution < 1.29 is 24.4 Å². The topological polar surface area (TPSA) is 48.7 Å². The molecule has 1 fully saturated rings. The van der Waals surface area contributed by atoms with Crippen LogP contribution in [-0.4, -0.2) is 46.5 Å². The van der Waals surface area contributed by atoms with Crippen LogP contribution in [0.3, 0.4) is 0 Å². The molecule has 0 radical (unpaired) electrons. The molecule has 0 aromatic heterocycles. The van der Waals surface area contributed by atoms with E-state index in [0.717, 1.165) is 50.9 Å². The molecule has 1 aliphatic rings. The Morgan fingerprint density at radius 3 is 2.61 bits per heavy atom. The second kappa shape index (κ2) is 11.1. The van der Waals surface area contributed by atoms with E-state index < -0.39 is 0 Å². The second-order valence-electron chi connectivity index (χ2n) is 7.47. The largest absolute Gasteiger partial charge is 0.493 e. The number of para-hydroxylation sites is 1. The Bertz CT molecular complexity index is 712. The van der Waals surface area contributed by atoms with Crippen LogP contribution >= 0.6 is 0 Å². The lowest BCUT2D eigenvalue weighted by molar-refractivity contribution is -0.909. The molecule has 2 aromatic rings. The molecular weight excluding hydrogens is 352 g/mol. The number of nitrogens with two attached hydrogens (primary N) is 1. The van der Waals surface area contributed by atoms with Crippen LogP contribution in [0.5, 0.6) is 11.5 Å². The quantitative estimate of drug-likeness (QED) is 0.598. The minimum atomic E-state index is 0.550. The predicted molar refractivity (Wildman–Crippen MR) is 110 cm³/mol. The minimum Gasteiger partial charge on any atom is -0.493 e. The third-order valence-electron chi connectivity index (χ3n) is 5.29. The number of benzene rings is 2. The Morgan fingerprint density at radius 1 is 1.07 bits per heavy atom. The number of methoxy groups -OCH3 is 1. The van der Waals surface area contributed by atoms with Crippen molar-refractivity contribution in [1.82, 2.24) is 0 Å². The molecule has 1 aliphatic heterocycles. The Hall–Kier alpha value is -2.08. The van der Waals surface area contributed by atoms with E-state index in [1.165, 1.54) is 29.7 Å². The van der Waals surface area contributed by atoms with Crippen molar-refractivity contribution in [2.45, 2.75) is 26.5 Å². The number of morpholine rings is 1. The van der Waals surface area contributed by atoms with E-state index in [-0.39, 0.29) is 0 Å². The van der Waals surface area contributed by atoms with E-state index >= 15 is 0 Å². The van der Waals surface area contributed by atoms with E-state index in [4.69, 9.17) is 14.2 Å². The van der Waals surface area contributed by atoms with Gasteiger partial charge in [0.15, 0.2) is 11.5 Å². The molecule has 5 heteroatoms. The fourth-order valence-electron chi connectivity index (χ4n) is 3.55. The van der Waals surface area contributed by atoms with E-state index in [1.807, 2.05) is 12.1 Å². The predicted octanol–water partition coefficient (Wildman–Crippen LogP) is 0.951. The molecule has 0 aliphatic carbocycles. The highest BCUT2D eigenvalue weighted by Crippen LogP contribution is 2.31. The number of quaternary nitrogens is 2. The first-order chi connectivity index (χ1) is 13.8. The van der Waals surface area contributed by atoms with Crippen molar-refractivity contribution in [3.05, 3.63) is 59.2 Å². The van der Waals surface area contributed by atoms with Gasteiger partial charge >= 0.3 is 0 Å². The van der Waals surface area contributed by atoms with Gasteiger partial charge in [0.2, 0.25) is 0 Å². The monoisotopic (exact) mass is 386 g/mol. The van der Waals surface area contributed by atoms with Crippen molar-refractivity contribution >= 4 is 0 Å². The molecule has 2 aromatic carbocycles. The number of hydrogen-bond donors (Lipinski definition) is 2. The van der Waals surface area contributed by atoms with E-state index in [2.05, 4.69) is 42.6 Å². The molecule has 1 heterocycles. The average molecular weight is 387 g/mol. The zero-order valence-corrected chi connectivity index (χ0v) is 17.2. The lowest BCUT2D eigenvalue weighted by atomic mass is 10.1. The van der Waals surface area contributed by atoms with Crippen LogP contribution in [0.15, 0.2) is 42.5 Å². The Labute approximate surface area is 168 Å². The highest BCUT2D eigenvalue weighted by atomic mass is 16.5. The van der Waals surface area contributed by atoms with Crippen LogP contribution < -0.4 is 19.7 Å². The minimum absolute atomic E-state index is 0.550. The van der Waals surface area contributed by atoms with E-state index in [0.29, 0.717) is 6.61 Å². The lowest BCUT2D eigenvalue weighted by Crippen LogP contribution is -3.14. The van der Waals surface area contributed by atoms with Crippen LogP contribution in [0.2, 0.25) is 0 Å². The first kappa shape index (κ1) is 20.6. The van der Waals surface area contributed by atoms with Gasteiger partial charge in [-0.05, 0) is 24.6 Å². The van der Waals surface area contributed by atoms with Crippen molar-refractivity contribution in [3.63, 3.8) is 0 Å². The molecule has 0 bridgehead atoms. The van der Waals surface area contributed by atoms with E-state index in [9.17, 15) is 0 Å². The molecule has 28 heavy (non-hydrogen) atoms. The Balaban J connectivity index is 1.50. The van der Waals surface area contributed by atoms with E-state index in [1.54, 1.807) is 12.0 Å². The summed E-state index contributed by atoms with van der Waals surface area (Å²) in [7, 11) is 1.70. The summed E-state index contributed by atoms with van der Waals surface area (Å²) in [5.41, 5.74) is 3.61. The van der Waals surface area contributed by atoms with Gasteiger partial charge in [-0.15, -0.1) is 0 Å². The first-order valence-corrected chi connectivity index (χ1v) is 10.3. The normalized spacial score (nSPS) is 14.8. The Kier molecular flexibility index (Phi) is 8.15. The number of hydrogen-bond acceptors (Lipinski definition) is 3. The van der Waals surface area contributed by atoms with Crippen molar-refractivity contribution in [1.29, 1.82) is 0 Å². The van der Waals surface area contributed by atoms with Gasteiger partial charge in [-0.3, -0.25) is 0 Å². The molecule has 0 saturated carbocycles. The lowest BCUT2D eigenvalue weighted by Gasteiger charge is -2.23. The number of aryl methyl sites for hydroxylation is 1.